The summed E-state index contributed by atoms with van der Waals surface area (Å²) in [7, 11) is 0. The van der Waals surface area contributed by atoms with Crippen LogP contribution in [0.15, 0.2) is 11.6 Å². The topological polar surface area (TPSA) is 26.3 Å². The average molecular weight is 469 g/mol. The average Bonchev–Trinajstić information content (AvgIpc) is 2.73. The fourth-order valence-electron chi connectivity index (χ4n) is 10.9. The monoisotopic (exact) mass is 468 g/mol. The van der Waals surface area contributed by atoms with Gasteiger partial charge in [-0.25, -0.2) is 0 Å². The van der Waals surface area contributed by atoms with Crippen LogP contribution < -0.4 is 0 Å². The third-order valence-electron chi connectivity index (χ3n) is 13.3. The molecule has 192 valence electrons. The molecule has 0 aromatic heterocycles. The third-order valence-corrected chi connectivity index (χ3v) is 13.3. The maximum Gasteiger partial charge on any atom is 0.302 e. The maximum atomic E-state index is 11.9. The van der Waals surface area contributed by atoms with Gasteiger partial charge in [-0.1, -0.05) is 67.0 Å². The molecule has 5 aliphatic carbocycles. The van der Waals surface area contributed by atoms with Crippen LogP contribution in [0.2, 0.25) is 0 Å². The molecule has 0 unspecified atom stereocenters. The van der Waals surface area contributed by atoms with Crippen molar-refractivity contribution in [2.45, 2.75) is 133 Å². The number of esters is 1. The van der Waals surface area contributed by atoms with Gasteiger partial charge in [0.25, 0.3) is 0 Å². The molecular formula is C32H52O2. The summed E-state index contributed by atoms with van der Waals surface area (Å²) in [5.41, 5.74) is 3.95. The van der Waals surface area contributed by atoms with Gasteiger partial charge in [-0.05, 0) is 109 Å². The fraction of sp³-hybridized carbons (Fsp3) is 0.906. The standard InChI is InChI=1S/C32H52O2/c1-21(33)34-26-13-14-30(7)22-12-15-32(9)25-20-27(2,3)16-17-29(25,6)18-19-31(32,8)23(22)10-11-24(30)28(26,4)5/h10,22,24-26H,11-20H2,1-9H3/t22-,24-,25+,26-,29+,30+,31+,32+/m0/s1. The Morgan fingerprint density at radius 1 is 0.853 bits per heavy atom. The number of carbonyl (C=O) groups is 1. The zero-order valence-corrected chi connectivity index (χ0v) is 23.8. The first-order valence-corrected chi connectivity index (χ1v) is 14.5. The van der Waals surface area contributed by atoms with E-state index in [0.717, 1.165) is 18.8 Å². The maximum absolute atomic E-state index is 11.9. The van der Waals surface area contributed by atoms with Gasteiger partial charge >= 0.3 is 5.97 Å². The van der Waals surface area contributed by atoms with Gasteiger partial charge in [0.15, 0.2) is 0 Å². The molecule has 0 bridgehead atoms. The van der Waals surface area contributed by atoms with Crippen molar-refractivity contribution >= 4 is 5.97 Å². The Kier molecular flexibility index (Phi) is 5.40. The van der Waals surface area contributed by atoms with Crippen molar-refractivity contribution in [3.63, 3.8) is 0 Å². The van der Waals surface area contributed by atoms with Crippen molar-refractivity contribution in [1.82, 2.24) is 0 Å². The van der Waals surface area contributed by atoms with Crippen LogP contribution in [0.1, 0.15) is 127 Å². The first-order chi connectivity index (χ1) is 15.6. The summed E-state index contributed by atoms with van der Waals surface area (Å²) in [5, 5.41) is 0. The second-order valence-corrected chi connectivity index (χ2v) is 15.8. The molecule has 0 aliphatic heterocycles. The predicted molar refractivity (Wildman–Crippen MR) is 140 cm³/mol. The number of hydrogen-bond donors (Lipinski definition) is 0. The highest BCUT2D eigenvalue weighted by Gasteiger charge is 2.67. The summed E-state index contributed by atoms with van der Waals surface area (Å²) in [6, 6.07) is 0. The molecule has 0 aromatic rings. The van der Waals surface area contributed by atoms with Crippen LogP contribution in [0.4, 0.5) is 0 Å². The summed E-state index contributed by atoms with van der Waals surface area (Å²) in [6.45, 7) is 22.1. The van der Waals surface area contributed by atoms with Gasteiger partial charge in [-0.15, -0.1) is 0 Å². The molecule has 5 rings (SSSR count). The van der Waals surface area contributed by atoms with E-state index in [2.05, 4.69) is 61.5 Å². The molecule has 0 radical (unpaired) electrons. The van der Waals surface area contributed by atoms with E-state index in [9.17, 15) is 4.79 Å². The zero-order chi connectivity index (χ0) is 24.9. The molecule has 2 nitrogen and oxygen atoms in total. The lowest BCUT2D eigenvalue weighted by atomic mass is 9.34. The van der Waals surface area contributed by atoms with E-state index >= 15 is 0 Å². The van der Waals surface area contributed by atoms with Crippen LogP contribution in [0.25, 0.3) is 0 Å². The summed E-state index contributed by atoms with van der Waals surface area (Å²) in [6.07, 6.45) is 15.9. The molecule has 34 heavy (non-hydrogen) atoms. The van der Waals surface area contributed by atoms with E-state index in [4.69, 9.17) is 4.74 Å². The smallest absolute Gasteiger partial charge is 0.302 e. The molecule has 0 heterocycles. The first-order valence-electron chi connectivity index (χ1n) is 14.5. The van der Waals surface area contributed by atoms with Gasteiger partial charge in [-0.2, -0.15) is 0 Å². The Morgan fingerprint density at radius 2 is 1.53 bits per heavy atom. The Bertz CT molecular complexity index is 897. The SMILES string of the molecule is CC(=O)O[C@H]1CC[C@]2(C)[C@H]3CC[C@]4(C)[C@@H]5CC(C)(C)CC[C@]5(C)CC[C@]4(C)C3=CC[C@H]2C1(C)C. The molecule has 8 atom stereocenters. The van der Waals surface area contributed by atoms with Gasteiger partial charge in [0.2, 0.25) is 0 Å². The minimum Gasteiger partial charge on any atom is -0.462 e. The first kappa shape index (κ1) is 24.9. The predicted octanol–water partition coefficient (Wildman–Crippen LogP) is 8.74. The second kappa shape index (κ2) is 7.38. The zero-order valence-electron chi connectivity index (χ0n) is 23.8. The van der Waals surface area contributed by atoms with Gasteiger partial charge < -0.3 is 4.74 Å². The molecule has 0 spiro atoms. The normalized spacial score (nSPS) is 51.1. The van der Waals surface area contributed by atoms with E-state index in [1.54, 1.807) is 6.92 Å². The molecule has 2 heteroatoms. The summed E-state index contributed by atoms with van der Waals surface area (Å²) in [5.74, 6) is 2.01. The lowest BCUT2D eigenvalue weighted by molar-refractivity contribution is -0.187. The quantitative estimate of drug-likeness (QED) is 0.284. The molecule has 0 aromatic carbocycles. The fourth-order valence-corrected chi connectivity index (χ4v) is 10.9. The Labute approximate surface area is 210 Å². The number of carbonyl (C=O) groups excluding carboxylic acids is 1. The molecule has 5 aliphatic rings. The number of fused-ring (bicyclic) bond motifs is 7. The van der Waals surface area contributed by atoms with Crippen LogP contribution in [-0.2, 0) is 9.53 Å². The molecule has 0 N–H and O–H groups in total. The minimum absolute atomic E-state index is 0.0287. The van der Waals surface area contributed by atoms with Crippen molar-refractivity contribution < 1.29 is 9.53 Å². The van der Waals surface area contributed by atoms with E-state index in [1.807, 2.05) is 5.57 Å². The molecular weight excluding hydrogens is 416 g/mol. The summed E-state index contributed by atoms with van der Waals surface area (Å²) >= 11 is 0. The Balaban J connectivity index is 1.52. The van der Waals surface area contributed by atoms with Crippen LogP contribution in [0.5, 0.6) is 0 Å². The Hall–Kier alpha value is -0.790. The lowest BCUT2D eigenvalue weighted by Crippen LogP contribution is -2.63. The van der Waals surface area contributed by atoms with Crippen molar-refractivity contribution in [3.8, 4) is 0 Å². The number of allylic oxidation sites excluding steroid dienone is 2. The number of ether oxygens (including phenoxy) is 1. The molecule has 0 saturated heterocycles. The largest absolute Gasteiger partial charge is 0.462 e. The minimum atomic E-state index is -0.115. The second-order valence-electron chi connectivity index (χ2n) is 15.8. The lowest BCUT2D eigenvalue weighted by Gasteiger charge is -2.71. The van der Waals surface area contributed by atoms with E-state index in [1.165, 1.54) is 51.4 Å². The highest BCUT2D eigenvalue weighted by Crippen LogP contribution is 2.75. The van der Waals surface area contributed by atoms with Gasteiger partial charge in [-0.3, -0.25) is 4.79 Å². The van der Waals surface area contributed by atoms with E-state index in [0.29, 0.717) is 38.9 Å². The highest BCUT2D eigenvalue weighted by molar-refractivity contribution is 5.66. The summed E-state index contributed by atoms with van der Waals surface area (Å²) < 4.78 is 5.89. The van der Waals surface area contributed by atoms with Gasteiger partial charge in [0.05, 0.1) is 0 Å². The van der Waals surface area contributed by atoms with Crippen LogP contribution in [0, 0.1) is 50.2 Å². The van der Waals surface area contributed by atoms with Gasteiger partial charge in [0, 0.05) is 12.3 Å². The van der Waals surface area contributed by atoms with Crippen molar-refractivity contribution in [2.75, 3.05) is 0 Å². The summed E-state index contributed by atoms with van der Waals surface area (Å²) in [4.78, 5) is 11.9. The van der Waals surface area contributed by atoms with Crippen molar-refractivity contribution in [3.05, 3.63) is 11.6 Å². The van der Waals surface area contributed by atoms with Crippen molar-refractivity contribution in [2.24, 2.45) is 50.2 Å². The van der Waals surface area contributed by atoms with E-state index in [-0.39, 0.29) is 17.5 Å². The van der Waals surface area contributed by atoms with Crippen molar-refractivity contribution in [1.29, 1.82) is 0 Å². The number of rotatable bonds is 1. The van der Waals surface area contributed by atoms with Gasteiger partial charge in [0.1, 0.15) is 6.10 Å². The Morgan fingerprint density at radius 3 is 2.21 bits per heavy atom. The molecule has 4 saturated carbocycles. The van der Waals surface area contributed by atoms with E-state index < -0.39 is 0 Å². The van der Waals surface area contributed by atoms with Crippen LogP contribution in [0.3, 0.4) is 0 Å². The number of hydrogen-bond acceptors (Lipinski definition) is 2. The third kappa shape index (κ3) is 3.21. The van der Waals surface area contributed by atoms with Crippen LogP contribution >= 0.6 is 0 Å². The molecule has 0 amide bonds. The highest BCUT2D eigenvalue weighted by atomic mass is 16.5. The van der Waals surface area contributed by atoms with Crippen LogP contribution in [-0.4, -0.2) is 12.1 Å². The molecule has 4 fully saturated rings.